The monoisotopic (exact) mass is 184 g/mol. The molecular weight excluding hydrogens is 164 g/mol. The number of carbonyl (C=O) groups is 1. The van der Waals surface area contributed by atoms with Gasteiger partial charge in [-0.05, 0) is 27.7 Å². The third-order valence-corrected chi connectivity index (χ3v) is 1.54. The Labute approximate surface area is 80.8 Å². The van der Waals surface area contributed by atoms with Crippen LogP contribution in [0.15, 0.2) is 12.2 Å². The van der Waals surface area contributed by atoms with E-state index in [1.165, 1.54) is 0 Å². The maximum Gasteiger partial charge on any atom is 0.317 e. The summed E-state index contributed by atoms with van der Waals surface area (Å²) in [6.07, 6.45) is 0. The summed E-state index contributed by atoms with van der Waals surface area (Å²) in [7, 11) is 0. The van der Waals surface area contributed by atoms with Crippen molar-refractivity contribution in [2.45, 2.75) is 33.7 Å². The molecule has 0 saturated carbocycles. The molecule has 0 aromatic heterocycles. The number of nitrogens with zero attached hydrogens (tertiary/aromatic N) is 1. The van der Waals surface area contributed by atoms with E-state index < -0.39 is 0 Å². The molecule has 1 N–H and O–H groups in total. The Morgan fingerprint density at radius 2 is 2.08 bits per heavy atom. The number of amides is 2. The molecule has 0 bridgehead atoms. The topological polar surface area (TPSA) is 32.3 Å². The highest BCUT2D eigenvalue weighted by Gasteiger charge is 2.11. The summed E-state index contributed by atoms with van der Waals surface area (Å²) in [5, 5.41) is 2.84. The van der Waals surface area contributed by atoms with Crippen molar-refractivity contribution in [2.75, 3.05) is 13.1 Å². The van der Waals surface area contributed by atoms with Gasteiger partial charge in [0.1, 0.15) is 0 Å². The summed E-state index contributed by atoms with van der Waals surface area (Å²) in [4.78, 5) is 13.2. The van der Waals surface area contributed by atoms with E-state index in [9.17, 15) is 4.79 Å². The van der Waals surface area contributed by atoms with Gasteiger partial charge < -0.3 is 10.2 Å². The maximum absolute atomic E-state index is 11.5. The summed E-state index contributed by atoms with van der Waals surface area (Å²) < 4.78 is 0. The van der Waals surface area contributed by atoms with E-state index >= 15 is 0 Å². The second-order valence-electron chi connectivity index (χ2n) is 3.58. The van der Waals surface area contributed by atoms with Crippen LogP contribution in [-0.4, -0.2) is 30.1 Å². The quantitative estimate of drug-likeness (QED) is 0.666. The Morgan fingerprint density at radius 1 is 1.54 bits per heavy atom. The largest absolute Gasteiger partial charge is 0.336 e. The van der Waals surface area contributed by atoms with Crippen molar-refractivity contribution in [3.05, 3.63) is 12.2 Å². The molecule has 0 radical (unpaired) electrons. The highest BCUT2D eigenvalue weighted by Crippen LogP contribution is 1.96. The van der Waals surface area contributed by atoms with Gasteiger partial charge in [-0.1, -0.05) is 12.2 Å². The van der Waals surface area contributed by atoms with E-state index in [0.717, 1.165) is 5.57 Å². The minimum absolute atomic E-state index is 0.0134. The van der Waals surface area contributed by atoms with Crippen LogP contribution in [0.2, 0.25) is 0 Å². The van der Waals surface area contributed by atoms with Crippen molar-refractivity contribution in [1.82, 2.24) is 10.2 Å². The minimum atomic E-state index is -0.0134. The van der Waals surface area contributed by atoms with Crippen molar-refractivity contribution >= 4 is 6.03 Å². The predicted molar refractivity (Wildman–Crippen MR) is 55.7 cm³/mol. The number of rotatable bonds is 4. The Balaban J connectivity index is 4.07. The van der Waals surface area contributed by atoms with Crippen LogP contribution < -0.4 is 5.32 Å². The molecule has 3 heteroatoms. The lowest BCUT2D eigenvalue weighted by molar-refractivity contribution is 0.202. The fourth-order valence-electron chi connectivity index (χ4n) is 0.991. The number of likely N-dealkylation sites (N-methyl/N-ethyl adjacent to an activating group) is 1. The first-order chi connectivity index (χ1) is 5.97. The zero-order valence-electron chi connectivity index (χ0n) is 9.05. The molecule has 76 valence electrons. The molecule has 13 heavy (non-hydrogen) atoms. The van der Waals surface area contributed by atoms with E-state index in [0.29, 0.717) is 13.1 Å². The molecule has 0 rings (SSSR count). The molecule has 0 aromatic carbocycles. The summed E-state index contributed by atoms with van der Waals surface area (Å²) in [5.74, 6) is 0. The van der Waals surface area contributed by atoms with Gasteiger partial charge in [-0.25, -0.2) is 4.79 Å². The molecule has 0 unspecified atom stereocenters. The minimum Gasteiger partial charge on any atom is -0.336 e. The van der Waals surface area contributed by atoms with Crippen LogP contribution in [-0.2, 0) is 0 Å². The molecule has 0 aliphatic rings. The first-order valence-corrected chi connectivity index (χ1v) is 4.67. The van der Waals surface area contributed by atoms with Gasteiger partial charge >= 0.3 is 6.03 Å². The van der Waals surface area contributed by atoms with Crippen LogP contribution in [0.4, 0.5) is 4.79 Å². The van der Waals surface area contributed by atoms with E-state index in [-0.39, 0.29) is 12.1 Å². The highest BCUT2D eigenvalue weighted by atomic mass is 16.2. The van der Waals surface area contributed by atoms with Crippen LogP contribution in [0.3, 0.4) is 0 Å². The van der Waals surface area contributed by atoms with E-state index in [1.54, 1.807) is 4.90 Å². The van der Waals surface area contributed by atoms with Crippen molar-refractivity contribution in [2.24, 2.45) is 0 Å². The Hall–Kier alpha value is -0.990. The Kier molecular flexibility index (Phi) is 5.19. The first kappa shape index (κ1) is 12.0. The number of hydrogen-bond acceptors (Lipinski definition) is 1. The van der Waals surface area contributed by atoms with Crippen LogP contribution in [0.5, 0.6) is 0 Å². The van der Waals surface area contributed by atoms with Gasteiger partial charge in [0.25, 0.3) is 0 Å². The predicted octanol–water partition coefficient (Wildman–Crippen LogP) is 2.00. The van der Waals surface area contributed by atoms with Crippen LogP contribution >= 0.6 is 0 Å². The number of nitrogens with one attached hydrogen (secondary N) is 1. The fraction of sp³-hybridized carbons (Fsp3) is 0.700. The highest BCUT2D eigenvalue weighted by molar-refractivity contribution is 5.74. The molecule has 0 heterocycles. The average molecular weight is 184 g/mol. The van der Waals surface area contributed by atoms with Gasteiger partial charge in [-0.2, -0.15) is 0 Å². The summed E-state index contributed by atoms with van der Waals surface area (Å²) >= 11 is 0. The molecule has 0 saturated heterocycles. The van der Waals surface area contributed by atoms with Crippen molar-refractivity contribution in [1.29, 1.82) is 0 Å². The second-order valence-corrected chi connectivity index (χ2v) is 3.58. The van der Waals surface area contributed by atoms with Gasteiger partial charge in [0.15, 0.2) is 0 Å². The van der Waals surface area contributed by atoms with Crippen molar-refractivity contribution in [3.8, 4) is 0 Å². The number of urea groups is 1. The zero-order chi connectivity index (χ0) is 10.4. The van der Waals surface area contributed by atoms with E-state index in [1.807, 2.05) is 27.7 Å². The van der Waals surface area contributed by atoms with Crippen molar-refractivity contribution in [3.63, 3.8) is 0 Å². The zero-order valence-corrected chi connectivity index (χ0v) is 9.05. The Morgan fingerprint density at radius 3 is 2.38 bits per heavy atom. The molecule has 0 spiro atoms. The SMILES string of the molecule is C=C(C)CN(CC)C(=O)NC(C)C. The van der Waals surface area contributed by atoms with Crippen LogP contribution in [0.25, 0.3) is 0 Å². The standard InChI is InChI=1S/C10H20N2O/c1-6-12(7-8(2)3)10(13)11-9(4)5/h9H,2,6-7H2,1,3-5H3,(H,11,13). The average Bonchev–Trinajstić information content (AvgIpc) is 1.98. The molecule has 0 atom stereocenters. The third kappa shape index (κ3) is 5.28. The second kappa shape index (κ2) is 5.62. The normalized spacial score (nSPS) is 9.92. The summed E-state index contributed by atoms with van der Waals surface area (Å²) in [6, 6.07) is 0.173. The molecule has 0 aliphatic carbocycles. The van der Waals surface area contributed by atoms with Gasteiger partial charge in [-0.15, -0.1) is 0 Å². The third-order valence-electron chi connectivity index (χ3n) is 1.54. The van der Waals surface area contributed by atoms with Gasteiger partial charge in [0, 0.05) is 19.1 Å². The lowest BCUT2D eigenvalue weighted by Gasteiger charge is -2.22. The number of carbonyl (C=O) groups excluding carboxylic acids is 1. The fourth-order valence-corrected chi connectivity index (χ4v) is 0.991. The molecular formula is C10H20N2O. The summed E-state index contributed by atoms with van der Waals surface area (Å²) in [6.45, 7) is 12.9. The molecule has 0 aliphatic heterocycles. The number of hydrogen-bond donors (Lipinski definition) is 1. The molecule has 0 fully saturated rings. The van der Waals surface area contributed by atoms with E-state index in [4.69, 9.17) is 0 Å². The molecule has 2 amide bonds. The van der Waals surface area contributed by atoms with Gasteiger partial charge in [0.05, 0.1) is 0 Å². The maximum atomic E-state index is 11.5. The smallest absolute Gasteiger partial charge is 0.317 e. The first-order valence-electron chi connectivity index (χ1n) is 4.67. The van der Waals surface area contributed by atoms with Crippen LogP contribution in [0, 0.1) is 0 Å². The van der Waals surface area contributed by atoms with Crippen LogP contribution in [0.1, 0.15) is 27.7 Å². The lowest BCUT2D eigenvalue weighted by Crippen LogP contribution is -2.43. The van der Waals surface area contributed by atoms with Gasteiger partial charge in [0.2, 0.25) is 0 Å². The van der Waals surface area contributed by atoms with Crippen molar-refractivity contribution < 1.29 is 4.79 Å². The Bertz CT molecular complexity index is 187. The molecule has 0 aromatic rings. The van der Waals surface area contributed by atoms with Gasteiger partial charge in [-0.3, -0.25) is 0 Å². The molecule has 3 nitrogen and oxygen atoms in total. The summed E-state index contributed by atoms with van der Waals surface area (Å²) in [5.41, 5.74) is 1.00. The van der Waals surface area contributed by atoms with E-state index in [2.05, 4.69) is 11.9 Å². The lowest BCUT2D eigenvalue weighted by atomic mass is 10.3.